The number of ether oxygens (including phenoxy) is 1. The molecule has 1 aliphatic rings. The van der Waals surface area contributed by atoms with E-state index in [9.17, 15) is 13.2 Å². The number of aromatic nitrogens is 1. The van der Waals surface area contributed by atoms with E-state index in [1.165, 1.54) is 24.0 Å². The normalized spacial score (nSPS) is 13.8. The van der Waals surface area contributed by atoms with Crippen molar-refractivity contribution in [1.29, 1.82) is 0 Å². The molecule has 6 nitrogen and oxygen atoms in total. The number of carbonyl (C=O) groups excluding carboxylic acids is 1. The SMILES string of the molecule is CS(=O)(=O)NC(=O)c1[nH]c2ccccc2c1CCCOc1cccc2c1CCCC2. The summed E-state index contributed by atoms with van der Waals surface area (Å²) in [5, 5.41) is 0.924. The van der Waals surface area contributed by atoms with Crippen LogP contribution in [0, 0.1) is 0 Å². The number of fused-ring (bicyclic) bond motifs is 2. The van der Waals surface area contributed by atoms with Gasteiger partial charge in [-0.3, -0.25) is 4.79 Å². The molecule has 0 saturated heterocycles. The van der Waals surface area contributed by atoms with E-state index in [0.717, 1.165) is 41.3 Å². The van der Waals surface area contributed by atoms with Gasteiger partial charge in [0.2, 0.25) is 10.0 Å². The molecule has 1 heterocycles. The molecule has 30 heavy (non-hydrogen) atoms. The first kappa shape index (κ1) is 20.5. The molecule has 1 aromatic heterocycles. The van der Waals surface area contributed by atoms with Crippen molar-refractivity contribution in [3.8, 4) is 5.75 Å². The summed E-state index contributed by atoms with van der Waals surface area (Å²) in [7, 11) is -3.64. The van der Waals surface area contributed by atoms with Gasteiger partial charge in [0, 0.05) is 10.9 Å². The van der Waals surface area contributed by atoms with Gasteiger partial charge in [0.15, 0.2) is 0 Å². The van der Waals surface area contributed by atoms with Crippen LogP contribution in [0.15, 0.2) is 42.5 Å². The monoisotopic (exact) mass is 426 g/mol. The molecule has 0 aliphatic heterocycles. The topological polar surface area (TPSA) is 88.3 Å². The Labute approximate surface area is 176 Å². The van der Waals surface area contributed by atoms with Gasteiger partial charge in [-0.25, -0.2) is 13.1 Å². The average Bonchev–Trinajstić information content (AvgIpc) is 3.09. The molecule has 2 N–H and O–H groups in total. The second-order valence-corrected chi connectivity index (χ2v) is 9.53. The lowest BCUT2D eigenvalue weighted by atomic mass is 9.91. The van der Waals surface area contributed by atoms with Crippen molar-refractivity contribution in [2.24, 2.45) is 0 Å². The standard InChI is InChI=1S/C23H26N2O4S/c1-30(27,28)25-23(26)22-19(18-11-4-5-13-20(18)24-22)12-7-15-29-21-14-6-9-16-8-2-3-10-17(16)21/h4-6,9,11,13-14,24H,2-3,7-8,10,12,15H2,1H3,(H,25,26). The van der Waals surface area contributed by atoms with E-state index >= 15 is 0 Å². The van der Waals surface area contributed by atoms with Gasteiger partial charge < -0.3 is 9.72 Å². The van der Waals surface area contributed by atoms with Crippen LogP contribution in [0.4, 0.5) is 0 Å². The number of H-pyrrole nitrogens is 1. The molecule has 0 spiro atoms. The average molecular weight is 427 g/mol. The molecule has 0 saturated carbocycles. The van der Waals surface area contributed by atoms with Crippen LogP contribution in [0.5, 0.6) is 5.75 Å². The third kappa shape index (κ3) is 4.51. The van der Waals surface area contributed by atoms with Gasteiger partial charge in [0.25, 0.3) is 5.91 Å². The molecule has 1 amide bonds. The van der Waals surface area contributed by atoms with Crippen molar-refractivity contribution in [2.75, 3.05) is 12.9 Å². The summed E-state index contributed by atoms with van der Waals surface area (Å²) in [5.74, 6) is 0.322. The number of sulfonamides is 1. The van der Waals surface area contributed by atoms with Crippen LogP contribution >= 0.6 is 0 Å². The van der Waals surface area contributed by atoms with Gasteiger partial charge in [-0.05, 0) is 67.3 Å². The Bertz CT molecular complexity index is 1180. The van der Waals surface area contributed by atoms with Crippen LogP contribution in [0.25, 0.3) is 10.9 Å². The number of aryl methyl sites for hydroxylation is 2. The lowest BCUT2D eigenvalue weighted by Gasteiger charge is -2.19. The second kappa shape index (κ2) is 8.52. The van der Waals surface area contributed by atoms with E-state index < -0.39 is 15.9 Å². The third-order valence-corrected chi connectivity index (χ3v) is 6.06. The number of aromatic amines is 1. The summed E-state index contributed by atoms with van der Waals surface area (Å²) >= 11 is 0. The Morgan fingerprint density at radius 1 is 1.10 bits per heavy atom. The molecule has 2 aromatic carbocycles. The quantitative estimate of drug-likeness (QED) is 0.563. The van der Waals surface area contributed by atoms with E-state index in [1.54, 1.807) is 0 Å². The zero-order chi connectivity index (χ0) is 21.1. The summed E-state index contributed by atoms with van der Waals surface area (Å²) in [4.78, 5) is 15.6. The number of benzene rings is 2. The molecule has 158 valence electrons. The largest absolute Gasteiger partial charge is 0.493 e. The van der Waals surface area contributed by atoms with Gasteiger partial charge in [-0.2, -0.15) is 0 Å². The molecule has 3 aromatic rings. The Hall–Kier alpha value is -2.80. The second-order valence-electron chi connectivity index (χ2n) is 7.78. The van der Waals surface area contributed by atoms with Gasteiger partial charge in [-0.15, -0.1) is 0 Å². The summed E-state index contributed by atoms with van der Waals surface area (Å²) in [6.45, 7) is 0.531. The molecule has 0 radical (unpaired) electrons. The van der Waals surface area contributed by atoms with Crippen LogP contribution < -0.4 is 9.46 Å². The number of rotatable bonds is 7. The van der Waals surface area contributed by atoms with Crippen molar-refractivity contribution in [2.45, 2.75) is 38.5 Å². The highest BCUT2D eigenvalue weighted by Gasteiger charge is 2.20. The lowest BCUT2D eigenvalue weighted by Crippen LogP contribution is -2.30. The highest BCUT2D eigenvalue weighted by atomic mass is 32.2. The minimum atomic E-state index is -3.64. The predicted molar refractivity (Wildman–Crippen MR) is 118 cm³/mol. The van der Waals surface area contributed by atoms with Crippen LogP contribution in [0.2, 0.25) is 0 Å². The van der Waals surface area contributed by atoms with Crippen molar-refractivity contribution in [1.82, 2.24) is 9.71 Å². The highest BCUT2D eigenvalue weighted by Crippen LogP contribution is 2.30. The van der Waals surface area contributed by atoms with Crippen molar-refractivity contribution in [3.63, 3.8) is 0 Å². The van der Waals surface area contributed by atoms with E-state index in [0.29, 0.717) is 25.1 Å². The fourth-order valence-corrected chi connectivity index (χ4v) is 4.62. The minimum Gasteiger partial charge on any atom is -0.493 e. The van der Waals surface area contributed by atoms with Crippen LogP contribution in [-0.2, 0) is 29.3 Å². The molecule has 4 rings (SSSR count). The fraction of sp³-hybridized carbons (Fsp3) is 0.348. The van der Waals surface area contributed by atoms with Crippen molar-refractivity contribution >= 4 is 26.8 Å². The third-order valence-electron chi connectivity index (χ3n) is 5.50. The van der Waals surface area contributed by atoms with E-state index in [2.05, 4.69) is 15.8 Å². The summed E-state index contributed by atoms with van der Waals surface area (Å²) in [6, 6.07) is 13.9. The molecule has 1 aliphatic carbocycles. The van der Waals surface area contributed by atoms with E-state index in [1.807, 2.05) is 36.4 Å². The highest BCUT2D eigenvalue weighted by molar-refractivity contribution is 7.89. The molecular weight excluding hydrogens is 400 g/mol. The lowest BCUT2D eigenvalue weighted by molar-refractivity contribution is 0.0976. The Balaban J connectivity index is 1.49. The first-order chi connectivity index (χ1) is 14.4. The first-order valence-corrected chi connectivity index (χ1v) is 12.2. The Morgan fingerprint density at radius 2 is 1.90 bits per heavy atom. The smallest absolute Gasteiger partial charge is 0.281 e. The van der Waals surface area contributed by atoms with Gasteiger partial charge >= 0.3 is 0 Å². The maximum Gasteiger partial charge on any atom is 0.281 e. The number of hydrogen-bond donors (Lipinski definition) is 2. The molecular formula is C23H26N2O4S. The summed E-state index contributed by atoms with van der Waals surface area (Å²) < 4.78 is 31.2. The number of para-hydroxylation sites is 1. The number of hydrogen-bond acceptors (Lipinski definition) is 4. The maximum atomic E-state index is 12.5. The molecule has 0 fully saturated rings. The molecule has 0 atom stereocenters. The van der Waals surface area contributed by atoms with Crippen molar-refractivity contribution in [3.05, 3.63) is 64.8 Å². The minimum absolute atomic E-state index is 0.290. The van der Waals surface area contributed by atoms with E-state index in [-0.39, 0.29) is 0 Å². The number of carbonyl (C=O) groups is 1. The van der Waals surface area contributed by atoms with Crippen molar-refractivity contribution < 1.29 is 17.9 Å². The van der Waals surface area contributed by atoms with E-state index in [4.69, 9.17) is 4.74 Å². The molecule has 0 bridgehead atoms. The zero-order valence-corrected chi connectivity index (χ0v) is 17.8. The molecule has 0 unspecified atom stereocenters. The number of nitrogens with one attached hydrogen (secondary N) is 2. The van der Waals surface area contributed by atoms with Gasteiger partial charge in [0.1, 0.15) is 11.4 Å². The van der Waals surface area contributed by atoms with Crippen LogP contribution in [0.3, 0.4) is 0 Å². The fourth-order valence-electron chi connectivity index (χ4n) is 4.19. The summed E-state index contributed by atoms with van der Waals surface area (Å²) in [6.07, 6.45) is 6.89. The Morgan fingerprint density at radius 3 is 2.73 bits per heavy atom. The van der Waals surface area contributed by atoms with Crippen LogP contribution in [-0.4, -0.2) is 32.2 Å². The number of amides is 1. The molecule has 7 heteroatoms. The predicted octanol–water partition coefficient (Wildman–Crippen LogP) is 3.75. The summed E-state index contributed by atoms with van der Waals surface area (Å²) in [5.41, 5.74) is 4.62. The Kier molecular flexibility index (Phi) is 5.81. The first-order valence-electron chi connectivity index (χ1n) is 10.3. The van der Waals surface area contributed by atoms with Gasteiger partial charge in [-0.1, -0.05) is 30.3 Å². The zero-order valence-electron chi connectivity index (χ0n) is 17.0. The van der Waals surface area contributed by atoms with Crippen LogP contribution in [0.1, 0.15) is 46.4 Å². The maximum absolute atomic E-state index is 12.5. The van der Waals surface area contributed by atoms with Gasteiger partial charge in [0.05, 0.1) is 12.9 Å².